The maximum absolute atomic E-state index is 6.73. The van der Waals surface area contributed by atoms with E-state index in [4.69, 9.17) is 19.7 Å². The zero-order valence-corrected chi connectivity index (χ0v) is 36.5. The molecule has 316 valence electrons. The molecule has 0 radical (unpaired) electrons. The highest BCUT2D eigenvalue weighted by molar-refractivity contribution is 6.09. The summed E-state index contributed by atoms with van der Waals surface area (Å²) in [6, 6.07) is 69.6. The Bertz CT molecular complexity index is 3440. The highest BCUT2D eigenvalue weighted by Gasteiger charge is 2.61. The van der Waals surface area contributed by atoms with Crippen LogP contribution in [0, 0.1) is 23.7 Å². The van der Waals surface area contributed by atoms with Crippen LogP contribution in [0.5, 0.6) is 11.5 Å². The van der Waals surface area contributed by atoms with Crippen LogP contribution in [0.4, 0.5) is 0 Å². The fourth-order valence-corrected chi connectivity index (χ4v) is 13.1. The Morgan fingerprint density at radius 3 is 1.50 bits per heavy atom. The second-order valence-corrected chi connectivity index (χ2v) is 19.2. The van der Waals surface area contributed by atoms with Gasteiger partial charge in [0.1, 0.15) is 11.5 Å². The van der Waals surface area contributed by atoms with E-state index in [1.807, 2.05) is 18.2 Å². The minimum atomic E-state index is 0.0211. The van der Waals surface area contributed by atoms with Gasteiger partial charge >= 0.3 is 0 Å². The first-order chi connectivity index (χ1) is 32.6. The minimum Gasteiger partial charge on any atom is -0.457 e. The molecule has 1 aliphatic heterocycles. The van der Waals surface area contributed by atoms with Gasteiger partial charge in [-0.2, -0.15) is 0 Å². The summed E-state index contributed by atoms with van der Waals surface area (Å²) < 4.78 is 9.07. The molecule has 10 aromatic rings. The maximum atomic E-state index is 6.73. The van der Waals surface area contributed by atoms with Crippen LogP contribution in [0.15, 0.2) is 194 Å². The van der Waals surface area contributed by atoms with E-state index in [0.29, 0.717) is 29.3 Å². The topological polar surface area (TPSA) is 52.8 Å². The van der Waals surface area contributed by atoms with Crippen LogP contribution >= 0.6 is 0 Å². The summed E-state index contributed by atoms with van der Waals surface area (Å²) in [7, 11) is 0. The van der Waals surface area contributed by atoms with Gasteiger partial charge in [-0.25, -0.2) is 15.0 Å². The number of rotatable bonds is 6. The van der Waals surface area contributed by atoms with E-state index in [9.17, 15) is 0 Å². The molecule has 8 aromatic carbocycles. The molecule has 4 aliphatic carbocycles. The van der Waals surface area contributed by atoms with Crippen LogP contribution < -0.4 is 4.74 Å². The van der Waals surface area contributed by atoms with Crippen LogP contribution in [0.1, 0.15) is 43.2 Å². The van der Waals surface area contributed by atoms with Gasteiger partial charge < -0.3 is 9.30 Å². The Hall–Kier alpha value is -7.63. The molecule has 5 heteroatoms. The Morgan fingerprint density at radius 2 is 0.848 bits per heavy atom. The SMILES string of the molecule is c1ccc(-c2nc(-c3ccc(-c4cccc(-c5ccc6c(c5)C5(c7ccccc7O6)C6CC7CC(C6)CC5C7)c4)cc3)nc(-c3ccc(-n4c5ccccc5c5ccccc54)cc3)n2)cc1. The summed E-state index contributed by atoms with van der Waals surface area (Å²) >= 11 is 0. The van der Waals surface area contributed by atoms with Gasteiger partial charge in [-0.1, -0.05) is 133 Å². The molecule has 0 amide bonds. The summed E-state index contributed by atoms with van der Waals surface area (Å²) in [6.45, 7) is 0. The van der Waals surface area contributed by atoms with Crippen molar-refractivity contribution in [2.45, 2.75) is 37.5 Å². The highest BCUT2D eigenvalue weighted by atomic mass is 16.5. The number of nitrogens with zero attached hydrogens (tertiary/aromatic N) is 4. The van der Waals surface area contributed by atoms with Crippen molar-refractivity contribution < 1.29 is 4.74 Å². The van der Waals surface area contributed by atoms with Gasteiger partial charge in [0.05, 0.1) is 11.0 Å². The lowest BCUT2D eigenvalue weighted by Crippen LogP contribution is -2.56. The normalized spacial score (nSPS) is 21.2. The van der Waals surface area contributed by atoms with Gasteiger partial charge in [0.25, 0.3) is 0 Å². The van der Waals surface area contributed by atoms with Crippen LogP contribution in [0.2, 0.25) is 0 Å². The largest absolute Gasteiger partial charge is 0.457 e. The first-order valence-corrected chi connectivity index (χ1v) is 23.7. The monoisotopic (exact) mass is 850 g/mol. The van der Waals surface area contributed by atoms with Crippen LogP contribution in [-0.2, 0) is 5.41 Å². The van der Waals surface area contributed by atoms with Gasteiger partial charge in [0, 0.05) is 49.7 Å². The van der Waals surface area contributed by atoms with Crippen molar-refractivity contribution in [3.8, 4) is 73.6 Å². The summed E-state index contributed by atoms with van der Waals surface area (Å²) in [5.41, 5.74) is 13.9. The van der Waals surface area contributed by atoms with Crippen molar-refractivity contribution in [3.63, 3.8) is 0 Å². The van der Waals surface area contributed by atoms with Crippen molar-refractivity contribution >= 4 is 21.8 Å². The fourth-order valence-electron chi connectivity index (χ4n) is 13.1. The highest BCUT2D eigenvalue weighted by Crippen LogP contribution is 2.69. The average Bonchev–Trinajstić information content (AvgIpc) is 3.72. The summed E-state index contributed by atoms with van der Waals surface area (Å²) in [6.07, 6.45) is 6.80. The molecule has 4 saturated carbocycles. The lowest BCUT2D eigenvalue weighted by Gasteiger charge is -2.63. The zero-order chi connectivity index (χ0) is 43.3. The third-order valence-electron chi connectivity index (χ3n) is 15.7. The molecular weight excluding hydrogens is 805 g/mol. The fraction of sp³-hybridized carbons (Fsp3) is 0.164. The average molecular weight is 851 g/mol. The molecule has 15 rings (SSSR count). The number of ether oxygens (including phenoxy) is 1. The number of fused-ring (bicyclic) bond motifs is 5. The second kappa shape index (κ2) is 14.7. The second-order valence-electron chi connectivity index (χ2n) is 19.2. The standard InChI is InChI=1S/C61H46N4O/c1-2-11-41(12-3-1)58-62-59(64-60(63-58)43-25-28-49(29-26-43)65-54-18-7-4-15-50(54)51-16-5-8-19-55(51)65)42-23-21-40(22-24-42)44-13-10-14-45(36-44)46-27-30-57-53(37-46)61(52-17-6-9-20-56(52)66-57)47-32-38-31-39(34-47)35-48(61)33-38/h1-30,36-39,47-48H,31-35H2. The summed E-state index contributed by atoms with van der Waals surface area (Å²) in [4.78, 5) is 15.2. The Balaban J connectivity index is 0.800. The predicted molar refractivity (Wildman–Crippen MR) is 266 cm³/mol. The quantitative estimate of drug-likeness (QED) is 0.167. The Kier molecular flexibility index (Phi) is 8.40. The van der Waals surface area contributed by atoms with Crippen LogP contribution in [0.25, 0.3) is 83.9 Å². The molecule has 0 atom stereocenters. The van der Waals surface area contributed by atoms with Gasteiger partial charge in [-0.3, -0.25) is 0 Å². The predicted octanol–water partition coefficient (Wildman–Crippen LogP) is 15.2. The van der Waals surface area contributed by atoms with Gasteiger partial charge in [0.2, 0.25) is 0 Å². The van der Waals surface area contributed by atoms with Gasteiger partial charge in [-0.05, 0) is 139 Å². The smallest absolute Gasteiger partial charge is 0.164 e. The molecule has 5 aliphatic rings. The zero-order valence-electron chi connectivity index (χ0n) is 36.5. The molecule has 2 aromatic heterocycles. The third kappa shape index (κ3) is 5.82. The first kappa shape index (κ1) is 37.7. The molecule has 4 fully saturated rings. The van der Waals surface area contributed by atoms with Crippen molar-refractivity contribution in [3.05, 3.63) is 205 Å². The molecule has 0 N–H and O–H groups in total. The number of aromatic nitrogens is 4. The van der Waals surface area contributed by atoms with Gasteiger partial charge in [0.15, 0.2) is 17.5 Å². The minimum absolute atomic E-state index is 0.0211. The molecule has 0 unspecified atom stereocenters. The van der Waals surface area contributed by atoms with E-state index in [1.165, 1.54) is 81.7 Å². The van der Waals surface area contributed by atoms with Crippen molar-refractivity contribution in [2.75, 3.05) is 0 Å². The molecule has 4 bridgehead atoms. The molecule has 5 nitrogen and oxygen atoms in total. The Labute approximate surface area is 384 Å². The number of hydrogen-bond acceptors (Lipinski definition) is 4. The molecule has 66 heavy (non-hydrogen) atoms. The summed E-state index contributed by atoms with van der Waals surface area (Å²) in [5, 5.41) is 2.49. The lowest BCUT2D eigenvalue weighted by molar-refractivity contribution is -0.0452. The van der Waals surface area contributed by atoms with Crippen molar-refractivity contribution in [1.29, 1.82) is 0 Å². The van der Waals surface area contributed by atoms with E-state index in [2.05, 4.69) is 180 Å². The summed E-state index contributed by atoms with van der Waals surface area (Å²) in [5.74, 6) is 7.14. The maximum Gasteiger partial charge on any atom is 0.164 e. The number of hydrogen-bond donors (Lipinski definition) is 0. The molecule has 0 saturated heterocycles. The van der Waals surface area contributed by atoms with Crippen LogP contribution in [-0.4, -0.2) is 19.5 Å². The van der Waals surface area contributed by atoms with E-state index in [-0.39, 0.29) is 5.41 Å². The van der Waals surface area contributed by atoms with E-state index < -0.39 is 0 Å². The molecule has 1 spiro atoms. The Morgan fingerprint density at radius 1 is 0.379 bits per heavy atom. The van der Waals surface area contributed by atoms with Gasteiger partial charge in [-0.15, -0.1) is 0 Å². The number of benzene rings is 8. The van der Waals surface area contributed by atoms with E-state index >= 15 is 0 Å². The lowest BCUT2D eigenvalue weighted by atomic mass is 9.41. The molecule has 3 heterocycles. The molecular formula is C61H46N4O. The first-order valence-electron chi connectivity index (χ1n) is 23.7. The van der Waals surface area contributed by atoms with E-state index in [0.717, 1.165) is 51.3 Å². The number of para-hydroxylation sites is 3. The van der Waals surface area contributed by atoms with E-state index in [1.54, 1.807) is 0 Å². The third-order valence-corrected chi connectivity index (χ3v) is 15.7. The van der Waals surface area contributed by atoms with Crippen molar-refractivity contribution in [2.24, 2.45) is 23.7 Å². The van der Waals surface area contributed by atoms with Crippen molar-refractivity contribution in [1.82, 2.24) is 19.5 Å². The van der Waals surface area contributed by atoms with Crippen LogP contribution in [0.3, 0.4) is 0 Å².